The molecule has 0 fully saturated rings. The van der Waals surface area contributed by atoms with Gasteiger partial charge in [0.15, 0.2) is 0 Å². The molecule has 2 aromatic rings. The third-order valence-corrected chi connectivity index (χ3v) is 2.36. The van der Waals surface area contributed by atoms with Crippen LogP contribution in [0, 0.1) is 6.92 Å². The number of methoxy groups -OCH3 is 1. The monoisotopic (exact) mass is 232 g/mol. The Kier molecular flexibility index (Phi) is 2.78. The van der Waals surface area contributed by atoms with Crippen LogP contribution in [0.15, 0.2) is 24.5 Å². The number of anilines is 1. The Morgan fingerprint density at radius 1 is 1.47 bits per heavy atom. The van der Waals surface area contributed by atoms with Gasteiger partial charge in [0.25, 0.3) is 5.82 Å². The van der Waals surface area contributed by atoms with E-state index in [0.29, 0.717) is 5.69 Å². The Hall–Kier alpha value is -2.37. The molecule has 1 aromatic carbocycles. The predicted octanol–water partition coefficient (Wildman–Crippen LogP) is 0.945. The summed E-state index contributed by atoms with van der Waals surface area (Å²) in [6, 6.07) is 5.53. The molecule has 0 amide bonds. The molecular weight excluding hydrogens is 220 g/mol. The maximum Gasteiger partial charge on any atom is 0.377 e. The van der Waals surface area contributed by atoms with Gasteiger partial charge in [0, 0.05) is 0 Å². The number of carbonyl (C=O) groups excluding carboxylic acids is 1. The van der Waals surface area contributed by atoms with Crippen molar-refractivity contribution < 1.29 is 9.53 Å². The summed E-state index contributed by atoms with van der Waals surface area (Å²) in [7, 11) is 1.28. The van der Waals surface area contributed by atoms with E-state index >= 15 is 0 Å². The van der Waals surface area contributed by atoms with Crippen LogP contribution in [0.5, 0.6) is 0 Å². The number of aryl methyl sites for hydroxylation is 1. The minimum Gasteiger partial charge on any atom is -0.463 e. The van der Waals surface area contributed by atoms with Crippen LogP contribution < -0.4 is 5.73 Å². The molecule has 2 rings (SSSR count). The van der Waals surface area contributed by atoms with E-state index in [2.05, 4.69) is 14.8 Å². The number of nitrogen functional groups attached to an aromatic ring is 1. The van der Waals surface area contributed by atoms with Crippen molar-refractivity contribution in [2.45, 2.75) is 6.92 Å². The van der Waals surface area contributed by atoms with Gasteiger partial charge >= 0.3 is 5.97 Å². The number of para-hydroxylation sites is 1. The van der Waals surface area contributed by atoms with Crippen molar-refractivity contribution in [1.82, 2.24) is 14.8 Å². The maximum absolute atomic E-state index is 11.2. The largest absolute Gasteiger partial charge is 0.463 e. The van der Waals surface area contributed by atoms with E-state index in [1.807, 2.05) is 19.1 Å². The first-order valence-electron chi connectivity index (χ1n) is 4.99. The number of nitrogens with zero attached hydrogens (tertiary/aromatic N) is 3. The van der Waals surface area contributed by atoms with Crippen molar-refractivity contribution in [2.24, 2.45) is 0 Å². The van der Waals surface area contributed by atoms with E-state index in [1.54, 1.807) is 6.07 Å². The number of ether oxygens (including phenoxy) is 1. The molecule has 2 N–H and O–H groups in total. The van der Waals surface area contributed by atoms with Gasteiger partial charge < -0.3 is 10.5 Å². The predicted molar refractivity (Wildman–Crippen MR) is 61.8 cm³/mol. The van der Waals surface area contributed by atoms with Gasteiger partial charge in [-0.05, 0) is 18.6 Å². The zero-order valence-electron chi connectivity index (χ0n) is 9.54. The molecule has 0 saturated heterocycles. The second-order valence-corrected chi connectivity index (χ2v) is 3.52. The first kappa shape index (κ1) is 11.1. The van der Waals surface area contributed by atoms with Crippen LogP contribution in [0.3, 0.4) is 0 Å². The molecule has 0 aliphatic carbocycles. The minimum absolute atomic E-state index is 0.00940. The fraction of sp³-hybridized carbons (Fsp3) is 0.182. The highest BCUT2D eigenvalue weighted by atomic mass is 16.5. The van der Waals surface area contributed by atoms with Gasteiger partial charge in [0.05, 0.1) is 18.5 Å². The Labute approximate surface area is 98.0 Å². The molecule has 1 aromatic heterocycles. The summed E-state index contributed by atoms with van der Waals surface area (Å²) in [6.45, 7) is 1.91. The van der Waals surface area contributed by atoms with Crippen LogP contribution >= 0.6 is 0 Å². The lowest BCUT2D eigenvalue weighted by Gasteiger charge is -2.07. The topological polar surface area (TPSA) is 83.0 Å². The number of hydrogen-bond donors (Lipinski definition) is 1. The first-order chi connectivity index (χ1) is 8.13. The lowest BCUT2D eigenvalue weighted by molar-refractivity contribution is 0.0587. The van der Waals surface area contributed by atoms with Gasteiger partial charge in [-0.15, -0.1) is 5.10 Å². The van der Waals surface area contributed by atoms with Gasteiger partial charge in [0.1, 0.15) is 6.33 Å². The van der Waals surface area contributed by atoms with E-state index in [-0.39, 0.29) is 5.82 Å². The van der Waals surface area contributed by atoms with Crippen LogP contribution in [-0.2, 0) is 4.74 Å². The van der Waals surface area contributed by atoms with E-state index in [4.69, 9.17) is 5.73 Å². The SMILES string of the molecule is COC(=O)c1ncn(-c2c(C)cccc2N)n1. The summed E-state index contributed by atoms with van der Waals surface area (Å²) in [4.78, 5) is 15.1. The molecule has 0 aliphatic heterocycles. The highest BCUT2D eigenvalue weighted by Crippen LogP contribution is 2.20. The number of rotatable bonds is 2. The molecule has 0 unspecified atom stereocenters. The molecule has 88 valence electrons. The number of hydrogen-bond acceptors (Lipinski definition) is 5. The van der Waals surface area contributed by atoms with Crippen LogP contribution in [-0.4, -0.2) is 27.8 Å². The fourth-order valence-electron chi connectivity index (χ4n) is 1.55. The molecule has 0 spiro atoms. The summed E-state index contributed by atoms with van der Waals surface area (Å²) in [5.41, 5.74) is 8.11. The van der Waals surface area contributed by atoms with Crippen LogP contribution in [0.1, 0.15) is 16.2 Å². The molecule has 0 aliphatic rings. The molecule has 1 heterocycles. The number of esters is 1. The molecule has 0 bridgehead atoms. The van der Waals surface area contributed by atoms with E-state index in [9.17, 15) is 4.79 Å². The molecule has 6 nitrogen and oxygen atoms in total. The Morgan fingerprint density at radius 3 is 2.88 bits per heavy atom. The van der Waals surface area contributed by atoms with Crippen molar-refractivity contribution in [3.63, 3.8) is 0 Å². The Morgan fingerprint density at radius 2 is 2.24 bits per heavy atom. The van der Waals surface area contributed by atoms with Crippen LogP contribution in [0.4, 0.5) is 5.69 Å². The lowest BCUT2D eigenvalue weighted by Crippen LogP contribution is -2.07. The van der Waals surface area contributed by atoms with Gasteiger partial charge in [0.2, 0.25) is 0 Å². The third kappa shape index (κ3) is 1.96. The summed E-state index contributed by atoms with van der Waals surface area (Å²) < 4.78 is 6.01. The Balaban J connectivity index is 2.47. The van der Waals surface area contributed by atoms with Crippen molar-refractivity contribution in [3.8, 4) is 5.69 Å². The van der Waals surface area contributed by atoms with Gasteiger partial charge in [-0.1, -0.05) is 12.1 Å². The van der Waals surface area contributed by atoms with Crippen molar-refractivity contribution >= 4 is 11.7 Å². The average Bonchev–Trinajstić information content (AvgIpc) is 2.77. The zero-order chi connectivity index (χ0) is 12.4. The van der Waals surface area contributed by atoms with Gasteiger partial charge in [-0.25, -0.2) is 14.5 Å². The van der Waals surface area contributed by atoms with Crippen molar-refractivity contribution in [3.05, 3.63) is 35.9 Å². The summed E-state index contributed by atoms with van der Waals surface area (Å²) in [5.74, 6) is -0.564. The van der Waals surface area contributed by atoms with Crippen LogP contribution in [0.25, 0.3) is 5.69 Å². The molecular formula is C11H12N4O2. The van der Waals surface area contributed by atoms with E-state index in [0.717, 1.165) is 11.3 Å². The molecule has 17 heavy (non-hydrogen) atoms. The number of carbonyl (C=O) groups is 1. The van der Waals surface area contributed by atoms with E-state index in [1.165, 1.54) is 18.1 Å². The second-order valence-electron chi connectivity index (χ2n) is 3.52. The number of aromatic nitrogens is 3. The van der Waals surface area contributed by atoms with Gasteiger partial charge in [-0.2, -0.15) is 0 Å². The third-order valence-electron chi connectivity index (χ3n) is 2.36. The smallest absolute Gasteiger partial charge is 0.377 e. The van der Waals surface area contributed by atoms with Gasteiger partial charge in [-0.3, -0.25) is 0 Å². The maximum atomic E-state index is 11.2. The van der Waals surface area contributed by atoms with Crippen molar-refractivity contribution in [1.29, 1.82) is 0 Å². The van der Waals surface area contributed by atoms with Crippen LogP contribution in [0.2, 0.25) is 0 Å². The first-order valence-corrected chi connectivity index (χ1v) is 4.99. The average molecular weight is 232 g/mol. The quantitative estimate of drug-likeness (QED) is 0.615. The number of nitrogens with two attached hydrogens (primary N) is 1. The zero-order valence-corrected chi connectivity index (χ0v) is 9.54. The molecule has 0 radical (unpaired) electrons. The minimum atomic E-state index is -0.573. The molecule has 6 heteroatoms. The highest BCUT2D eigenvalue weighted by Gasteiger charge is 2.14. The van der Waals surface area contributed by atoms with E-state index < -0.39 is 5.97 Å². The lowest BCUT2D eigenvalue weighted by atomic mass is 10.2. The highest BCUT2D eigenvalue weighted by molar-refractivity contribution is 5.84. The normalized spacial score (nSPS) is 10.2. The number of benzene rings is 1. The molecule has 0 atom stereocenters. The Bertz CT molecular complexity index is 542. The van der Waals surface area contributed by atoms with Crippen molar-refractivity contribution in [2.75, 3.05) is 12.8 Å². The summed E-state index contributed by atoms with van der Waals surface area (Å²) in [5, 5.41) is 4.02. The standard InChI is InChI=1S/C11H12N4O2/c1-7-4-3-5-8(12)9(7)15-6-13-10(14-15)11(16)17-2/h3-6H,12H2,1-2H3. The second kappa shape index (κ2) is 4.25. The fourth-order valence-corrected chi connectivity index (χ4v) is 1.55. The molecule has 0 saturated carbocycles. The summed E-state index contributed by atoms with van der Waals surface area (Å²) >= 11 is 0. The summed E-state index contributed by atoms with van der Waals surface area (Å²) in [6.07, 6.45) is 1.44.